The average molecular weight is 155 g/mol. The molecule has 0 spiro atoms. The molecule has 0 amide bonds. The van der Waals surface area contributed by atoms with Gasteiger partial charge in [0, 0.05) is 6.04 Å². The molecule has 0 aromatic rings. The van der Waals surface area contributed by atoms with Crippen LogP contribution in [0.4, 0.5) is 0 Å². The summed E-state index contributed by atoms with van der Waals surface area (Å²) < 4.78 is 0. The standard InChI is InChI=1S/C10H21N/c1-5-6-11-9-7-8(2)10(9,3)4/h8-9,11H,5-7H2,1-4H3. The molecule has 0 aromatic heterocycles. The van der Waals surface area contributed by atoms with Crippen molar-refractivity contribution in [2.24, 2.45) is 11.3 Å². The maximum atomic E-state index is 3.59. The first-order valence-corrected chi connectivity index (χ1v) is 4.82. The van der Waals surface area contributed by atoms with Gasteiger partial charge in [-0.1, -0.05) is 27.7 Å². The van der Waals surface area contributed by atoms with E-state index in [4.69, 9.17) is 0 Å². The molecule has 0 aliphatic heterocycles. The summed E-state index contributed by atoms with van der Waals surface area (Å²) in [5.74, 6) is 0.900. The first-order valence-electron chi connectivity index (χ1n) is 4.82. The van der Waals surface area contributed by atoms with Crippen molar-refractivity contribution in [2.45, 2.75) is 46.6 Å². The maximum Gasteiger partial charge on any atom is 0.0123 e. The zero-order valence-corrected chi connectivity index (χ0v) is 8.28. The van der Waals surface area contributed by atoms with Gasteiger partial charge in [-0.2, -0.15) is 0 Å². The van der Waals surface area contributed by atoms with E-state index in [1.54, 1.807) is 0 Å². The van der Waals surface area contributed by atoms with Crippen molar-refractivity contribution in [3.8, 4) is 0 Å². The Morgan fingerprint density at radius 1 is 1.45 bits per heavy atom. The second kappa shape index (κ2) is 3.14. The average Bonchev–Trinajstić information content (AvgIpc) is 1.97. The van der Waals surface area contributed by atoms with Crippen molar-refractivity contribution < 1.29 is 0 Å². The summed E-state index contributed by atoms with van der Waals surface area (Å²) in [6, 6.07) is 0.775. The third-order valence-electron chi connectivity index (χ3n) is 3.40. The molecule has 66 valence electrons. The summed E-state index contributed by atoms with van der Waals surface area (Å²) in [6.07, 6.45) is 2.62. The highest BCUT2D eigenvalue weighted by Gasteiger charge is 2.44. The second-order valence-corrected chi connectivity index (χ2v) is 4.46. The molecular formula is C10H21N. The van der Waals surface area contributed by atoms with E-state index in [-0.39, 0.29) is 0 Å². The largest absolute Gasteiger partial charge is 0.313 e. The molecule has 1 aliphatic carbocycles. The van der Waals surface area contributed by atoms with E-state index in [0.29, 0.717) is 5.41 Å². The lowest BCUT2D eigenvalue weighted by Crippen LogP contribution is -2.55. The third-order valence-corrected chi connectivity index (χ3v) is 3.40. The smallest absolute Gasteiger partial charge is 0.0123 e. The number of hydrogen-bond donors (Lipinski definition) is 1. The van der Waals surface area contributed by atoms with Gasteiger partial charge in [0.25, 0.3) is 0 Å². The van der Waals surface area contributed by atoms with E-state index in [1.165, 1.54) is 19.4 Å². The van der Waals surface area contributed by atoms with Crippen molar-refractivity contribution in [2.75, 3.05) is 6.54 Å². The third kappa shape index (κ3) is 1.58. The van der Waals surface area contributed by atoms with Crippen LogP contribution in [0.5, 0.6) is 0 Å². The fourth-order valence-corrected chi connectivity index (χ4v) is 1.81. The number of nitrogens with one attached hydrogen (secondary N) is 1. The summed E-state index contributed by atoms with van der Waals surface area (Å²) in [6.45, 7) is 10.5. The minimum atomic E-state index is 0.537. The van der Waals surface area contributed by atoms with Crippen LogP contribution in [0.25, 0.3) is 0 Å². The molecule has 1 heteroatoms. The van der Waals surface area contributed by atoms with Crippen LogP contribution in [0.15, 0.2) is 0 Å². The summed E-state index contributed by atoms with van der Waals surface area (Å²) in [5.41, 5.74) is 0.537. The molecule has 0 saturated heterocycles. The predicted octanol–water partition coefficient (Wildman–Crippen LogP) is 2.42. The Morgan fingerprint density at radius 3 is 2.45 bits per heavy atom. The molecule has 0 aromatic carbocycles. The molecule has 1 fully saturated rings. The first kappa shape index (κ1) is 9.05. The maximum absolute atomic E-state index is 3.59. The van der Waals surface area contributed by atoms with Gasteiger partial charge >= 0.3 is 0 Å². The van der Waals surface area contributed by atoms with Crippen molar-refractivity contribution in [1.82, 2.24) is 5.32 Å². The van der Waals surface area contributed by atoms with Crippen LogP contribution >= 0.6 is 0 Å². The Bertz CT molecular complexity index is 129. The summed E-state index contributed by atoms with van der Waals surface area (Å²) in [5, 5.41) is 3.59. The monoisotopic (exact) mass is 155 g/mol. The van der Waals surface area contributed by atoms with Crippen molar-refractivity contribution in [1.29, 1.82) is 0 Å². The Hall–Kier alpha value is -0.0400. The molecule has 0 bridgehead atoms. The van der Waals surface area contributed by atoms with Gasteiger partial charge in [-0.25, -0.2) is 0 Å². The lowest BCUT2D eigenvalue weighted by atomic mass is 9.59. The highest BCUT2D eigenvalue weighted by Crippen LogP contribution is 2.45. The predicted molar refractivity (Wildman–Crippen MR) is 49.6 cm³/mol. The van der Waals surface area contributed by atoms with Gasteiger partial charge in [-0.05, 0) is 30.7 Å². The van der Waals surface area contributed by atoms with Crippen LogP contribution < -0.4 is 5.32 Å². The molecule has 0 radical (unpaired) electrons. The fraction of sp³-hybridized carbons (Fsp3) is 1.00. The van der Waals surface area contributed by atoms with Crippen LogP contribution in [0.2, 0.25) is 0 Å². The minimum absolute atomic E-state index is 0.537. The van der Waals surface area contributed by atoms with Crippen LogP contribution in [0.1, 0.15) is 40.5 Å². The molecule has 2 unspecified atom stereocenters. The van der Waals surface area contributed by atoms with E-state index in [0.717, 1.165) is 12.0 Å². The van der Waals surface area contributed by atoms with Gasteiger partial charge in [0.1, 0.15) is 0 Å². The molecule has 1 saturated carbocycles. The van der Waals surface area contributed by atoms with Gasteiger partial charge in [-0.15, -0.1) is 0 Å². The zero-order valence-electron chi connectivity index (χ0n) is 8.28. The summed E-state index contributed by atoms with van der Waals surface area (Å²) in [4.78, 5) is 0. The van der Waals surface area contributed by atoms with E-state index >= 15 is 0 Å². The SMILES string of the molecule is CCCNC1CC(C)C1(C)C. The summed E-state index contributed by atoms with van der Waals surface area (Å²) >= 11 is 0. The highest BCUT2D eigenvalue weighted by molar-refractivity contribution is 4.98. The van der Waals surface area contributed by atoms with Crippen molar-refractivity contribution in [3.05, 3.63) is 0 Å². The van der Waals surface area contributed by atoms with Crippen LogP contribution in [-0.4, -0.2) is 12.6 Å². The van der Waals surface area contributed by atoms with Gasteiger partial charge in [-0.3, -0.25) is 0 Å². The molecule has 11 heavy (non-hydrogen) atoms. The van der Waals surface area contributed by atoms with Gasteiger partial charge in [0.05, 0.1) is 0 Å². The van der Waals surface area contributed by atoms with Gasteiger partial charge in [0.2, 0.25) is 0 Å². The lowest BCUT2D eigenvalue weighted by Gasteiger charge is -2.51. The topological polar surface area (TPSA) is 12.0 Å². The van der Waals surface area contributed by atoms with Crippen molar-refractivity contribution in [3.63, 3.8) is 0 Å². The molecule has 1 aliphatic rings. The Morgan fingerprint density at radius 2 is 2.09 bits per heavy atom. The lowest BCUT2D eigenvalue weighted by molar-refractivity contribution is 0.0278. The quantitative estimate of drug-likeness (QED) is 0.660. The van der Waals surface area contributed by atoms with E-state index in [2.05, 4.69) is 33.0 Å². The molecular weight excluding hydrogens is 134 g/mol. The molecule has 1 nitrogen and oxygen atoms in total. The van der Waals surface area contributed by atoms with Crippen molar-refractivity contribution >= 4 is 0 Å². The molecule has 0 heterocycles. The highest BCUT2D eigenvalue weighted by atomic mass is 15.0. The molecule has 2 atom stereocenters. The number of rotatable bonds is 3. The van der Waals surface area contributed by atoms with Crippen LogP contribution in [0.3, 0.4) is 0 Å². The first-order chi connectivity index (χ1) is 5.09. The Labute approximate surface area is 70.6 Å². The minimum Gasteiger partial charge on any atom is -0.313 e. The van der Waals surface area contributed by atoms with Crippen LogP contribution in [-0.2, 0) is 0 Å². The number of hydrogen-bond acceptors (Lipinski definition) is 1. The van der Waals surface area contributed by atoms with E-state index in [1.807, 2.05) is 0 Å². The fourth-order valence-electron chi connectivity index (χ4n) is 1.81. The zero-order chi connectivity index (χ0) is 8.48. The van der Waals surface area contributed by atoms with E-state index < -0.39 is 0 Å². The molecule has 1 rings (SSSR count). The Balaban J connectivity index is 2.28. The van der Waals surface area contributed by atoms with E-state index in [9.17, 15) is 0 Å². The van der Waals surface area contributed by atoms with Gasteiger partial charge in [0.15, 0.2) is 0 Å². The normalized spacial score (nSPS) is 34.9. The summed E-state index contributed by atoms with van der Waals surface area (Å²) in [7, 11) is 0. The second-order valence-electron chi connectivity index (χ2n) is 4.46. The Kier molecular flexibility index (Phi) is 2.58. The van der Waals surface area contributed by atoms with Gasteiger partial charge < -0.3 is 5.32 Å². The van der Waals surface area contributed by atoms with Crippen LogP contribution in [0, 0.1) is 11.3 Å². The molecule has 1 N–H and O–H groups in total.